The van der Waals surface area contributed by atoms with Crippen LogP contribution in [0.1, 0.15) is 22.4 Å². The SMILES string of the molecule is COc1cc(C=CC(=O)NCc2c(CO)cnc(C)c2O)cc(OC)c1O. The zero-order valence-corrected chi connectivity index (χ0v) is 15.3. The van der Waals surface area contributed by atoms with Gasteiger partial charge in [-0.05, 0) is 30.7 Å². The summed E-state index contributed by atoms with van der Waals surface area (Å²) in [5.41, 5.74) is 1.86. The van der Waals surface area contributed by atoms with Crippen LogP contribution in [-0.4, -0.2) is 40.4 Å². The van der Waals surface area contributed by atoms with E-state index in [1.807, 2.05) is 0 Å². The van der Waals surface area contributed by atoms with Crippen molar-refractivity contribution in [1.29, 1.82) is 0 Å². The average Bonchev–Trinajstić information content (AvgIpc) is 2.68. The van der Waals surface area contributed by atoms with Gasteiger partial charge in [0.1, 0.15) is 5.75 Å². The van der Waals surface area contributed by atoms with E-state index in [0.717, 1.165) is 0 Å². The Morgan fingerprint density at radius 1 is 1.19 bits per heavy atom. The number of nitrogens with one attached hydrogen (secondary N) is 1. The van der Waals surface area contributed by atoms with Gasteiger partial charge in [0.15, 0.2) is 11.5 Å². The zero-order valence-electron chi connectivity index (χ0n) is 15.3. The van der Waals surface area contributed by atoms with Crippen LogP contribution >= 0.6 is 0 Å². The number of phenols is 1. The summed E-state index contributed by atoms with van der Waals surface area (Å²) in [6, 6.07) is 3.12. The standard InChI is InChI=1S/C19H22N2O6/c1-11-18(24)14(13(10-22)8-20-11)9-21-17(23)5-4-12-6-15(26-2)19(25)16(7-12)27-3/h4-8,22,24-25H,9-10H2,1-3H3,(H,21,23). The van der Waals surface area contributed by atoms with E-state index in [1.54, 1.807) is 19.1 Å². The summed E-state index contributed by atoms with van der Waals surface area (Å²) in [6.07, 6.45) is 4.29. The summed E-state index contributed by atoms with van der Waals surface area (Å²) < 4.78 is 10.1. The second kappa shape index (κ2) is 8.91. The highest BCUT2D eigenvalue weighted by Gasteiger charge is 2.12. The van der Waals surface area contributed by atoms with Gasteiger partial charge >= 0.3 is 0 Å². The Labute approximate surface area is 156 Å². The van der Waals surface area contributed by atoms with E-state index in [-0.39, 0.29) is 36.1 Å². The lowest BCUT2D eigenvalue weighted by Crippen LogP contribution is -2.21. The molecule has 0 aliphatic heterocycles. The quantitative estimate of drug-likeness (QED) is 0.544. The number of amides is 1. The fourth-order valence-electron chi connectivity index (χ4n) is 2.43. The predicted molar refractivity (Wildman–Crippen MR) is 98.7 cm³/mol. The van der Waals surface area contributed by atoms with Gasteiger partial charge in [0.25, 0.3) is 0 Å². The lowest BCUT2D eigenvalue weighted by atomic mass is 10.1. The smallest absolute Gasteiger partial charge is 0.244 e. The van der Waals surface area contributed by atoms with Crippen molar-refractivity contribution in [3.63, 3.8) is 0 Å². The number of pyridine rings is 1. The van der Waals surface area contributed by atoms with Gasteiger partial charge in [-0.15, -0.1) is 0 Å². The van der Waals surface area contributed by atoms with Crippen LogP contribution in [0.5, 0.6) is 23.0 Å². The van der Waals surface area contributed by atoms with Gasteiger partial charge < -0.3 is 30.1 Å². The summed E-state index contributed by atoms with van der Waals surface area (Å²) in [6.45, 7) is 1.37. The first-order valence-electron chi connectivity index (χ1n) is 8.09. The lowest BCUT2D eigenvalue weighted by molar-refractivity contribution is -0.116. The first-order chi connectivity index (χ1) is 12.9. The highest BCUT2D eigenvalue weighted by Crippen LogP contribution is 2.37. The first kappa shape index (κ1) is 20.1. The Balaban J connectivity index is 2.12. The second-order valence-corrected chi connectivity index (χ2v) is 5.68. The van der Waals surface area contributed by atoms with Crippen LogP contribution in [0.3, 0.4) is 0 Å². The van der Waals surface area contributed by atoms with E-state index in [9.17, 15) is 20.1 Å². The maximum Gasteiger partial charge on any atom is 0.244 e. The third-order valence-electron chi connectivity index (χ3n) is 3.97. The van der Waals surface area contributed by atoms with Crippen LogP contribution < -0.4 is 14.8 Å². The zero-order chi connectivity index (χ0) is 20.0. The van der Waals surface area contributed by atoms with Crippen molar-refractivity contribution in [3.05, 3.63) is 46.8 Å². The normalized spacial score (nSPS) is 10.8. The molecule has 0 aliphatic rings. The third kappa shape index (κ3) is 4.68. The van der Waals surface area contributed by atoms with Crippen molar-refractivity contribution in [2.75, 3.05) is 14.2 Å². The molecule has 1 aromatic heterocycles. The number of ether oxygens (including phenoxy) is 2. The Hall–Kier alpha value is -3.26. The highest BCUT2D eigenvalue weighted by molar-refractivity contribution is 5.91. The maximum absolute atomic E-state index is 12.1. The average molecular weight is 374 g/mol. The molecular weight excluding hydrogens is 352 g/mol. The number of carbonyl (C=O) groups is 1. The lowest BCUT2D eigenvalue weighted by Gasteiger charge is -2.11. The Morgan fingerprint density at radius 3 is 2.37 bits per heavy atom. The van der Waals surface area contributed by atoms with Crippen LogP contribution in [0.2, 0.25) is 0 Å². The van der Waals surface area contributed by atoms with Crippen LogP contribution in [0.4, 0.5) is 0 Å². The van der Waals surface area contributed by atoms with Crippen molar-refractivity contribution < 1.29 is 29.6 Å². The van der Waals surface area contributed by atoms with E-state index in [1.165, 1.54) is 32.6 Å². The van der Waals surface area contributed by atoms with E-state index < -0.39 is 5.91 Å². The van der Waals surface area contributed by atoms with Gasteiger partial charge in [0.2, 0.25) is 11.7 Å². The summed E-state index contributed by atoms with van der Waals surface area (Å²) in [7, 11) is 2.83. The van der Waals surface area contributed by atoms with Gasteiger partial charge in [0.05, 0.1) is 26.5 Å². The van der Waals surface area contributed by atoms with Crippen molar-refractivity contribution >= 4 is 12.0 Å². The second-order valence-electron chi connectivity index (χ2n) is 5.68. The number of rotatable bonds is 7. The van der Waals surface area contributed by atoms with E-state index >= 15 is 0 Å². The Morgan fingerprint density at radius 2 is 1.81 bits per heavy atom. The Kier molecular flexibility index (Phi) is 6.62. The number of aryl methyl sites for hydroxylation is 1. The number of phenolic OH excluding ortho intramolecular Hbond substituents is 1. The molecule has 1 amide bonds. The minimum absolute atomic E-state index is 0.0382. The molecule has 0 saturated heterocycles. The monoisotopic (exact) mass is 374 g/mol. The molecule has 0 saturated carbocycles. The van der Waals surface area contributed by atoms with Crippen molar-refractivity contribution in [3.8, 4) is 23.0 Å². The number of methoxy groups -OCH3 is 2. The molecule has 1 aromatic carbocycles. The summed E-state index contributed by atoms with van der Waals surface area (Å²) >= 11 is 0. The number of aliphatic hydroxyl groups excluding tert-OH is 1. The maximum atomic E-state index is 12.1. The molecule has 0 radical (unpaired) electrons. The number of aromatic nitrogens is 1. The third-order valence-corrected chi connectivity index (χ3v) is 3.97. The van der Waals surface area contributed by atoms with Crippen LogP contribution in [0.15, 0.2) is 24.4 Å². The molecule has 27 heavy (non-hydrogen) atoms. The Bertz CT molecular complexity index is 839. The fraction of sp³-hybridized carbons (Fsp3) is 0.263. The number of hydrogen-bond acceptors (Lipinski definition) is 7. The molecule has 0 bridgehead atoms. The van der Waals surface area contributed by atoms with E-state index in [2.05, 4.69) is 10.3 Å². The van der Waals surface area contributed by atoms with Gasteiger partial charge in [-0.1, -0.05) is 0 Å². The van der Waals surface area contributed by atoms with Crippen molar-refractivity contribution in [2.45, 2.75) is 20.1 Å². The molecule has 2 rings (SSSR count). The number of aliphatic hydroxyl groups is 1. The molecule has 8 nitrogen and oxygen atoms in total. The number of benzene rings is 1. The topological polar surface area (TPSA) is 121 Å². The predicted octanol–water partition coefficient (Wildman–Crippen LogP) is 1.64. The largest absolute Gasteiger partial charge is 0.506 e. The van der Waals surface area contributed by atoms with Gasteiger partial charge in [-0.2, -0.15) is 0 Å². The molecule has 0 aliphatic carbocycles. The van der Waals surface area contributed by atoms with Crippen molar-refractivity contribution in [1.82, 2.24) is 10.3 Å². The van der Waals surface area contributed by atoms with Gasteiger partial charge in [-0.25, -0.2) is 0 Å². The number of hydrogen-bond donors (Lipinski definition) is 4. The summed E-state index contributed by atoms with van der Waals surface area (Å²) in [5, 5.41) is 32.0. The van der Waals surface area contributed by atoms with E-state index in [0.29, 0.717) is 22.4 Å². The molecule has 8 heteroatoms. The van der Waals surface area contributed by atoms with E-state index in [4.69, 9.17) is 9.47 Å². The van der Waals surface area contributed by atoms with Crippen LogP contribution in [-0.2, 0) is 17.9 Å². The number of carbonyl (C=O) groups excluding carboxylic acids is 1. The first-order valence-corrected chi connectivity index (χ1v) is 8.09. The van der Waals surface area contributed by atoms with Crippen molar-refractivity contribution in [2.24, 2.45) is 0 Å². The summed E-state index contributed by atoms with van der Waals surface area (Å²) in [4.78, 5) is 16.1. The van der Waals surface area contributed by atoms with Gasteiger partial charge in [0, 0.05) is 29.9 Å². The number of aromatic hydroxyl groups is 2. The molecule has 0 unspecified atom stereocenters. The molecule has 0 atom stereocenters. The highest BCUT2D eigenvalue weighted by atomic mass is 16.5. The summed E-state index contributed by atoms with van der Waals surface area (Å²) in [5.74, 6) is -0.141. The molecule has 144 valence electrons. The minimum atomic E-state index is -0.404. The molecule has 0 spiro atoms. The molecule has 0 fully saturated rings. The fourth-order valence-corrected chi connectivity index (χ4v) is 2.43. The molecule has 4 N–H and O–H groups in total. The van der Waals surface area contributed by atoms with Crippen LogP contribution in [0.25, 0.3) is 6.08 Å². The van der Waals surface area contributed by atoms with Gasteiger partial charge in [-0.3, -0.25) is 9.78 Å². The molecular formula is C19H22N2O6. The van der Waals surface area contributed by atoms with Crippen LogP contribution in [0, 0.1) is 6.92 Å². The number of nitrogens with zero attached hydrogens (tertiary/aromatic N) is 1. The molecule has 2 aromatic rings. The molecule has 1 heterocycles. The minimum Gasteiger partial charge on any atom is -0.506 e.